The minimum Gasteiger partial charge on any atom is -0.477 e. The molecule has 0 saturated carbocycles. The number of carboxylic acid groups (broad SMARTS) is 1. The molecule has 0 saturated heterocycles. The molecule has 0 atom stereocenters. The van der Waals surface area contributed by atoms with Gasteiger partial charge in [-0.2, -0.15) is 0 Å². The fraction of sp³-hybridized carbons (Fsp3) is 0.200. The van der Waals surface area contributed by atoms with Crippen LogP contribution >= 0.6 is 0 Å². The zero-order valence-electron chi connectivity index (χ0n) is 9.56. The van der Waals surface area contributed by atoms with Crippen molar-refractivity contribution in [2.45, 2.75) is 0 Å². The number of carbonyl (C=O) groups excluding carboxylic acids is 2. The number of carboxylic acids is 1. The molecule has 4 N–H and O–H groups in total. The fourth-order valence-electron chi connectivity index (χ4n) is 1.02. The Morgan fingerprint density at radius 3 is 2.56 bits per heavy atom. The summed E-state index contributed by atoms with van der Waals surface area (Å²) < 4.78 is 0. The lowest BCUT2D eigenvalue weighted by atomic mass is 10.3. The van der Waals surface area contributed by atoms with Crippen LogP contribution in [0.3, 0.4) is 0 Å². The van der Waals surface area contributed by atoms with Crippen LogP contribution in [0.5, 0.6) is 0 Å². The fourth-order valence-corrected chi connectivity index (χ4v) is 1.02. The normalized spacial score (nSPS) is 9.39. The van der Waals surface area contributed by atoms with E-state index in [1.807, 2.05) is 0 Å². The third-order valence-corrected chi connectivity index (χ3v) is 1.93. The number of urea groups is 1. The number of hydrogen-bond donors (Lipinski definition) is 4. The number of aromatic carboxylic acids is 1. The van der Waals surface area contributed by atoms with E-state index in [0.29, 0.717) is 5.69 Å². The summed E-state index contributed by atoms with van der Waals surface area (Å²) in [4.78, 5) is 36.3. The Bertz CT molecular complexity index is 457. The van der Waals surface area contributed by atoms with Gasteiger partial charge in [0.25, 0.3) is 0 Å². The van der Waals surface area contributed by atoms with E-state index in [0.717, 1.165) is 0 Å². The lowest BCUT2D eigenvalue weighted by molar-refractivity contribution is -0.119. The average molecular weight is 252 g/mol. The van der Waals surface area contributed by atoms with Crippen molar-refractivity contribution in [3.05, 3.63) is 24.0 Å². The summed E-state index contributed by atoms with van der Waals surface area (Å²) in [5.41, 5.74) is 0.209. The highest BCUT2D eigenvalue weighted by Gasteiger charge is 2.06. The first kappa shape index (κ1) is 13.4. The topological polar surface area (TPSA) is 120 Å². The predicted molar refractivity (Wildman–Crippen MR) is 62.3 cm³/mol. The van der Waals surface area contributed by atoms with E-state index in [2.05, 4.69) is 20.9 Å². The van der Waals surface area contributed by atoms with Crippen LogP contribution in [0.2, 0.25) is 0 Å². The SMILES string of the molecule is CNC(=O)CNC(=O)Nc1ccc(C(=O)O)nc1. The summed E-state index contributed by atoms with van der Waals surface area (Å²) >= 11 is 0. The lowest BCUT2D eigenvalue weighted by Crippen LogP contribution is -2.37. The molecule has 1 aromatic rings. The van der Waals surface area contributed by atoms with Crippen LogP contribution in [0, 0.1) is 0 Å². The first-order chi connectivity index (χ1) is 8.52. The second kappa shape index (κ2) is 6.18. The lowest BCUT2D eigenvalue weighted by Gasteiger charge is -2.06. The molecule has 0 fully saturated rings. The predicted octanol–water partition coefficient (Wildman–Crippen LogP) is -0.353. The molecule has 0 spiro atoms. The molecule has 1 aromatic heterocycles. The van der Waals surface area contributed by atoms with Gasteiger partial charge in [0.2, 0.25) is 5.91 Å². The Morgan fingerprint density at radius 2 is 2.06 bits per heavy atom. The van der Waals surface area contributed by atoms with E-state index < -0.39 is 12.0 Å². The van der Waals surface area contributed by atoms with Crippen molar-refractivity contribution in [1.82, 2.24) is 15.6 Å². The monoisotopic (exact) mass is 252 g/mol. The molecular weight excluding hydrogens is 240 g/mol. The first-order valence-corrected chi connectivity index (χ1v) is 4.97. The Labute approximate surface area is 102 Å². The molecule has 1 rings (SSSR count). The van der Waals surface area contributed by atoms with Crippen molar-refractivity contribution in [1.29, 1.82) is 0 Å². The standard InChI is InChI=1S/C10H12N4O4/c1-11-8(15)5-13-10(18)14-6-2-3-7(9(16)17)12-4-6/h2-4H,5H2,1H3,(H,11,15)(H,16,17)(H2,13,14,18). The van der Waals surface area contributed by atoms with E-state index in [9.17, 15) is 14.4 Å². The molecule has 0 unspecified atom stereocenters. The molecule has 3 amide bonds. The summed E-state index contributed by atoms with van der Waals surface area (Å²) in [6.45, 7) is -0.150. The average Bonchev–Trinajstić information content (AvgIpc) is 2.36. The van der Waals surface area contributed by atoms with Crippen LogP contribution in [0.15, 0.2) is 18.3 Å². The van der Waals surface area contributed by atoms with E-state index >= 15 is 0 Å². The summed E-state index contributed by atoms with van der Waals surface area (Å²) in [6, 6.07) is 2.08. The van der Waals surface area contributed by atoms with Crippen molar-refractivity contribution in [3.63, 3.8) is 0 Å². The van der Waals surface area contributed by atoms with Crippen molar-refractivity contribution in [3.8, 4) is 0 Å². The van der Waals surface area contributed by atoms with Crippen LogP contribution in [0.4, 0.5) is 10.5 Å². The van der Waals surface area contributed by atoms with Gasteiger partial charge in [0.1, 0.15) is 5.69 Å². The molecular formula is C10H12N4O4. The second-order valence-corrected chi connectivity index (χ2v) is 3.22. The number of likely N-dealkylation sites (N-methyl/N-ethyl adjacent to an activating group) is 1. The highest BCUT2D eigenvalue weighted by Crippen LogP contribution is 2.05. The van der Waals surface area contributed by atoms with Crippen molar-refractivity contribution >= 4 is 23.6 Å². The van der Waals surface area contributed by atoms with Crippen LogP contribution in [-0.4, -0.2) is 41.6 Å². The Hall–Kier alpha value is -2.64. The van der Waals surface area contributed by atoms with Gasteiger partial charge < -0.3 is 21.1 Å². The summed E-state index contributed by atoms with van der Waals surface area (Å²) in [6.07, 6.45) is 1.21. The Kier molecular flexibility index (Phi) is 4.61. The summed E-state index contributed by atoms with van der Waals surface area (Å²) in [7, 11) is 1.45. The molecule has 18 heavy (non-hydrogen) atoms. The van der Waals surface area contributed by atoms with Crippen molar-refractivity contribution in [2.75, 3.05) is 18.9 Å². The zero-order chi connectivity index (χ0) is 13.5. The number of hydrogen-bond acceptors (Lipinski definition) is 4. The zero-order valence-corrected chi connectivity index (χ0v) is 9.56. The number of pyridine rings is 1. The smallest absolute Gasteiger partial charge is 0.354 e. The molecule has 0 radical (unpaired) electrons. The van der Waals surface area contributed by atoms with Crippen molar-refractivity contribution in [2.24, 2.45) is 0 Å². The molecule has 0 aliphatic heterocycles. The molecule has 96 valence electrons. The number of rotatable bonds is 4. The third-order valence-electron chi connectivity index (χ3n) is 1.93. The number of anilines is 1. The van der Waals surface area contributed by atoms with Gasteiger partial charge in [0.05, 0.1) is 18.4 Å². The van der Waals surface area contributed by atoms with Gasteiger partial charge in [-0.05, 0) is 12.1 Å². The van der Waals surface area contributed by atoms with Gasteiger partial charge in [-0.3, -0.25) is 4.79 Å². The van der Waals surface area contributed by atoms with E-state index in [1.165, 1.54) is 25.4 Å². The molecule has 0 bridgehead atoms. The van der Waals surface area contributed by atoms with E-state index in [-0.39, 0.29) is 18.1 Å². The second-order valence-electron chi connectivity index (χ2n) is 3.22. The van der Waals surface area contributed by atoms with E-state index in [1.54, 1.807) is 0 Å². The Balaban J connectivity index is 2.49. The molecule has 0 aliphatic rings. The highest BCUT2D eigenvalue weighted by atomic mass is 16.4. The quantitative estimate of drug-likeness (QED) is 0.583. The minimum absolute atomic E-state index is 0.119. The molecule has 1 heterocycles. The molecule has 0 aliphatic carbocycles. The van der Waals surface area contributed by atoms with Gasteiger partial charge in [0, 0.05) is 7.05 Å². The van der Waals surface area contributed by atoms with Gasteiger partial charge in [-0.15, -0.1) is 0 Å². The van der Waals surface area contributed by atoms with Gasteiger partial charge in [-0.25, -0.2) is 14.6 Å². The van der Waals surface area contributed by atoms with E-state index in [4.69, 9.17) is 5.11 Å². The number of amides is 3. The minimum atomic E-state index is -1.15. The van der Waals surface area contributed by atoms with Crippen molar-refractivity contribution < 1.29 is 19.5 Å². The summed E-state index contributed by atoms with van der Waals surface area (Å²) in [5, 5.41) is 15.7. The number of carbonyl (C=O) groups is 3. The molecule has 0 aromatic carbocycles. The number of nitrogens with one attached hydrogen (secondary N) is 3. The maximum absolute atomic E-state index is 11.3. The van der Waals surface area contributed by atoms with Crippen LogP contribution in [0.1, 0.15) is 10.5 Å². The van der Waals surface area contributed by atoms with Gasteiger partial charge in [-0.1, -0.05) is 0 Å². The van der Waals surface area contributed by atoms with Crippen LogP contribution in [-0.2, 0) is 4.79 Å². The number of nitrogens with zero attached hydrogens (tertiary/aromatic N) is 1. The number of aromatic nitrogens is 1. The van der Waals surface area contributed by atoms with Crippen LogP contribution in [0.25, 0.3) is 0 Å². The summed E-state index contributed by atoms with van der Waals surface area (Å²) in [5.74, 6) is -1.48. The largest absolute Gasteiger partial charge is 0.477 e. The Morgan fingerprint density at radius 1 is 1.33 bits per heavy atom. The molecule has 8 heteroatoms. The maximum Gasteiger partial charge on any atom is 0.354 e. The first-order valence-electron chi connectivity index (χ1n) is 4.97. The van der Waals surface area contributed by atoms with Gasteiger partial charge in [0.15, 0.2) is 0 Å². The molecule has 8 nitrogen and oxygen atoms in total. The third kappa shape index (κ3) is 4.08. The van der Waals surface area contributed by atoms with Crippen LogP contribution < -0.4 is 16.0 Å². The highest BCUT2D eigenvalue weighted by molar-refractivity contribution is 5.92. The maximum atomic E-state index is 11.3. The van der Waals surface area contributed by atoms with Gasteiger partial charge >= 0.3 is 12.0 Å².